The summed E-state index contributed by atoms with van der Waals surface area (Å²) >= 11 is 4.96. The number of hydrogen-bond donors (Lipinski definition) is 5. The van der Waals surface area contributed by atoms with E-state index in [2.05, 4.69) is 10.6 Å². The zero-order chi connectivity index (χ0) is 16.2. The number of aliphatic hydroxyl groups excluding tert-OH is 3. The molecule has 1 fully saturated rings. The predicted octanol–water partition coefficient (Wildman–Crippen LogP) is -2.41. The van der Waals surface area contributed by atoms with E-state index in [9.17, 15) is 15.0 Å². The molecule has 0 aromatic carbocycles. The van der Waals surface area contributed by atoms with Crippen molar-refractivity contribution in [2.75, 3.05) is 27.8 Å². The van der Waals surface area contributed by atoms with Crippen LogP contribution in [0, 0.1) is 0 Å². The van der Waals surface area contributed by atoms with Gasteiger partial charge in [0.2, 0.25) is 0 Å². The lowest BCUT2D eigenvalue weighted by Crippen LogP contribution is -2.65. The Balaban J connectivity index is 2.71. The Hall–Kier alpha value is -1.04. The first-order valence-electron chi connectivity index (χ1n) is 6.25. The van der Waals surface area contributed by atoms with Crippen LogP contribution in [0.5, 0.6) is 0 Å². The number of thiocarbonyl (C=S) groups is 1. The quantitative estimate of drug-likeness (QED) is 0.364. The van der Waals surface area contributed by atoms with Crippen LogP contribution in [0.25, 0.3) is 0 Å². The molecule has 0 spiro atoms. The third-order valence-corrected chi connectivity index (χ3v) is 3.26. The van der Waals surface area contributed by atoms with Crippen LogP contribution in [-0.4, -0.2) is 89.8 Å². The standard InChI is InChI=1S/C11H21N3O6S/c1-14(2)11(18)13-10(21)12-6-8(17)7(16)5(4-15)20-9(6)19-3/h5-9,15-17H,4H2,1-3H3,(H2,12,13,18,21)/t5-,6-,7+,8-,9-/m1/s1. The first-order chi connectivity index (χ1) is 9.81. The average Bonchev–Trinajstić information content (AvgIpc) is 2.44. The Morgan fingerprint density at radius 3 is 2.48 bits per heavy atom. The molecule has 2 amide bonds. The summed E-state index contributed by atoms with van der Waals surface area (Å²) in [6, 6.07) is -1.34. The SMILES string of the molecule is CO[C@@H]1O[C@H](CO)[C@H](O)[C@H](O)[C@H]1NC(=S)NC(=O)N(C)C. The Bertz CT molecular complexity index is 381. The molecule has 1 saturated heterocycles. The molecular weight excluding hydrogens is 302 g/mol. The van der Waals surface area contributed by atoms with Crippen LogP contribution < -0.4 is 10.6 Å². The molecule has 0 radical (unpaired) electrons. The third kappa shape index (κ3) is 4.46. The number of ether oxygens (including phenoxy) is 2. The van der Waals surface area contributed by atoms with Gasteiger partial charge in [0.1, 0.15) is 24.4 Å². The Kier molecular flexibility index (Phi) is 6.71. The molecule has 122 valence electrons. The maximum absolute atomic E-state index is 11.5. The van der Waals surface area contributed by atoms with Gasteiger partial charge in [-0.3, -0.25) is 5.32 Å². The minimum atomic E-state index is -1.31. The largest absolute Gasteiger partial charge is 0.394 e. The van der Waals surface area contributed by atoms with Crippen molar-refractivity contribution >= 4 is 23.4 Å². The molecule has 0 saturated carbocycles. The summed E-state index contributed by atoms with van der Waals surface area (Å²) in [5, 5.41) is 34.0. The Morgan fingerprint density at radius 2 is 2.00 bits per heavy atom. The molecule has 9 nitrogen and oxygen atoms in total. The van der Waals surface area contributed by atoms with E-state index in [1.807, 2.05) is 0 Å². The molecule has 10 heteroatoms. The van der Waals surface area contributed by atoms with Gasteiger partial charge in [0.15, 0.2) is 11.4 Å². The monoisotopic (exact) mass is 323 g/mol. The molecule has 1 rings (SSSR count). The zero-order valence-electron chi connectivity index (χ0n) is 12.0. The molecule has 5 N–H and O–H groups in total. The molecule has 21 heavy (non-hydrogen) atoms. The second-order valence-corrected chi connectivity index (χ2v) is 5.17. The molecule has 0 aliphatic carbocycles. The summed E-state index contributed by atoms with van der Waals surface area (Å²) in [4.78, 5) is 12.8. The molecule has 0 aromatic rings. The molecule has 1 aliphatic rings. The number of nitrogens with zero attached hydrogens (tertiary/aromatic N) is 1. The van der Waals surface area contributed by atoms with Crippen LogP contribution in [0.15, 0.2) is 0 Å². The van der Waals surface area contributed by atoms with E-state index in [4.69, 9.17) is 26.8 Å². The fourth-order valence-electron chi connectivity index (χ4n) is 1.83. The van der Waals surface area contributed by atoms with E-state index >= 15 is 0 Å². The first-order valence-corrected chi connectivity index (χ1v) is 6.66. The van der Waals surface area contributed by atoms with Crippen LogP contribution in [0.4, 0.5) is 4.79 Å². The fourth-order valence-corrected chi connectivity index (χ4v) is 2.06. The number of urea groups is 1. The molecule has 5 atom stereocenters. The van der Waals surface area contributed by atoms with Crippen molar-refractivity contribution in [3.05, 3.63) is 0 Å². The smallest absolute Gasteiger partial charge is 0.323 e. The lowest BCUT2D eigenvalue weighted by molar-refractivity contribution is -0.261. The van der Waals surface area contributed by atoms with E-state index in [0.29, 0.717) is 0 Å². The zero-order valence-corrected chi connectivity index (χ0v) is 12.8. The maximum Gasteiger partial charge on any atom is 0.323 e. The average molecular weight is 323 g/mol. The van der Waals surface area contributed by atoms with E-state index in [1.54, 1.807) is 14.1 Å². The highest BCUT2D eigenvalue weighted by atomic mass is 32.1. The van der Waals surface area contributed by atoms with Gasteiger partial charge < -0.3 is 35.0 Å². The predicted molar refractivity (Wildman–Crippen MR) is 76.5 cm³/mol. The highest BCUT2D eigenvalue weighted by Gasteiger charge is 2.44. The summed E-state index contributed by atoms with van der Waals surface area (Å²) in [6.07, 6.45) is -4.52. The summed E-state index contributed by atoms with van der Waals surface area (Å²) in [7, 11) is 4.44. The number of nitrogens with one attached hydrogen (secondary N) is 2. The minimum absolute atomic E-state index is 0.0435. The van der Waals surface area contributed by atoms with E-state index < -0.39 is 43.3 Å². The van der Waals surface area contributed by atoms with Gasteiger partial charge in [-0.15, -0.1) is 0 Å². The summed E-state index contributed by atoms with van der Waals surface area (Å²) in [6.45, 7) is -0.466. The van der Waals surface area contributed by atoms with Crippen molar-refractivity contribution in [2.24, 2.45) is 0 Å². The maximum atomic E-state index is 11.5. The topological polar surface area (TPSA) is 124 Å². The van der Waals surface area contributed by atoms with Crippen LogP contribution in [0.3, 0.4) is 0 Å². The third-order valence-electron chi connectivity index (χ3n) is 3.04. The van der Waals surface area contributed by atoms with Crippen molar-refractivity contribution in [1.29, 1.82) is 0 Å². The van der Waals surface area contributed by atoms with Crippen molar-refractivity contribution in [1.82, 2.24) is 15.5 Å². The molecule has 1 aliphatic heterocycles. The van der Waals surface area contributed by atoms with E-state index in [0.717, 1.165) is 0 Å². The van der Waals surface area contributed by atoms with Gasteiger partial charge in [0.25, 0.3) is 0 Å². The van der Waals surface area contributed by atoms with Gasteiger partial charge in [0.05, 0.1) is 6.61 Å². The number of methoxy groups -OCH3 is 1. The number of carbonyl (C=O) groups is 1. The van der Waals surface area contributed by atoms with Gasteiger partial charge in [-0.2, -0.15) is 0 Å². The van der Waals surface area contributed by atoms with Gasteiger partial charge >= 0.3 is 6.03 Å². The number of amides is 2. The first kappa shape index (κ1) is 18.0. The highest BCUT2D eigenvalue weighted by Crippen LogP contribution is 2.21. The van der Waals surface area contributed by atoms with E-state index in [1.165, 1.54) is 12.0 Å². The van der Waals surface area contributed by atoms with Gasteiger partial charge in [-0.25, -0.2) is 4.79 Å². The number of aliphatic hydroxyl groups is 3. The summed E-state index contributed by atoms with van der Waals surface area (Å²) in [5.74, 6) is 0. The molecule has 1 heterocycles. The summed E-state index contributed by atoms with van der Waals surface area (Å²) in [5.41, 5.74) is 0. The van der Waals surface area contributed by atoms with Crippen molar-refractivity contribution < 1.29 is 29.6 Å². The van der Waals surface area contributed by atoms with Gasteiger partial charge in [0, 0.05) is 21.2 Å². The lowest BCUT2D eigenvalue weighted by atomic mass is 9.97. The van der Waals surface area contributed by atoms with Crippen molar-refractivity contribution in [3.63, 3.8) is 0 Å². The number of carbonyl (C=O) groups excluding carboxylic acids is 1. The number of hydrogen-bond acceptors (Lipinski definition) is 7. The Labute approximate surface area is 127 Å². The summed E-state index contributed by atoms with van der Waals surface area (Å²) < 4.78 is 10.4. The van der Waals surface area contributed by atoms with Gasteiger partial charge in [-0.1, -0.05) is 0 Å². The van der Waals surface area contributed by atoms with Crippen molar-refractivity contribution in [3.8, 4) is 0 Å². The van der Waals surface area contributed by atoms with E-state index in [-0.39, 0.29) is 5.11 Å². The second kappa shape index (κ2) is 7.82. The minimum Gasteiger partial charge on any atom is -0.394 e. The number of rotatable bonds is 3. The molecular formula is C11H21N3O6S. The molecule has 0 bridgehead atoms. The van der Waals surface area contributed by atoms with Crippen LogP contribution >= 0.6 is 12.2 Å². The van der Waals surface area contributed by atoms with Gasteiger partial charge in [-0.05, 0) is 12.2 Å². The molecule has 0 aromatic heterocycles. The Morgan fingerprint density at radius 1 is 1.38 bits per heavy atom. The van der Waals surface area contributed by atoms with Crippen LogP contribution in [-0.2, 0) is 9.47 Å². The highest BCUT2D eigenvalue weighted by molar-refractivity contribution is 7.80. The second-order valence-electron chi connectivity index (χ2n) is 4.77. The van der Waals surface area contributed by atoms with Crippen molar-refractivity contribution in [2.45, 2.75) is 30.6 Å². The van der Waals surface area contributed by atoms with Crippen LogP contribution in [0.1, 0.15) is 0 Å². The van der Waals surface area contributed by atoms with Crippen LogP contribution in [0.2, 0.25) is 0 Å². The lowest BCUT2D eigenvalue weighted by Gasteiger charge is -2.42. The fraction of sp³-hybridized carbons (Fsp3) is 0.818. The normalized spacial score (nSPS) is 32.4. The molecule has 0 unspecified atom stereocenters.